The van der Waals surface area contributed by atoms with E-state index in [1.807, 2.05) is 0 Å². The highest BCUT2D eigenvalue weighted by atomic mass is 32.2. The lowest BCUT2D eigenvalue weighted by atomic mass is 10.0. The molecule has 2 aromatic rings. The van der Waals surface area contributed by atoms with Crippen LogP contribution in [-0.2, 0) is 9.53 Å². The summed E-state index contributed by atoms with van der Waals surface area (Å²) in [5.41, 5.74) is 0.439. The van der Waals surface area contributed by atoms with Gasteiger partial charge in [-0.2, -0.15) is 0 Å². The number of hydrogen-bond donors (Lipinski definition) is 2. The van der Waals surface area contributed by atoms with E-state index in [0.717, 1.165) is 23.9 Å². The molecule has 0 aliphatic carbocycles. The number of amides is 2. The Hall–Kier alpha value is -2.81. The average molecular weight is 394 g/mol. The van der Waals surface area contributed by atoms with Gasteiger partial charge in [-0.3, -0.25) is 0 Å². The number of hydrogen-bond acceptors (Lipinski definition) is 5. The Morgan fingerprint density at radius 3 is 2.81 bits per heavy atom. The molecule has 0 radical (unpaired) electrons. The molecule has 0 saturated heterocycles. The van der Waals surface area contributed by atoms with Gasteiger partial charge < -0.3 is 19.8 Å². The molecule has 0 bridgehead atoms. The van der Waals surface area contributed by atoms with Crippen LogP contribution in [0.25, 0.3) is 0 Å². The number of carbonyl (C=O) groups excluding carboxylic acids is 2. The molecular formula is C18H16F2N2O4S. The molecule has 1 aliphatic heterocycles. The summed E-state index contributed by atoms with van der Waals surface area (Å²) in [5, 5.41) is 5.19. The topological polar surface area (TPSA) is 80.6 Å². The third-order valence-corrected chi connectivity index (χ3v) is 4.82. The molecule has 2 N–H and O–H groups in total. The molecule has 0 spiro atoms. The smallest absolute Gasteiger partial charge is 0.338 e. The number of urea groups is 1. The molecule has 1 aromatic heterocycles. The first kappa shape index (κ1) is 19.0. The van der Waals surface area contributed by atoms with E-state index in [1.165, 1.54) is 12.3 Å². The second-order valence-electron chi connectivity index (χ2n) is 5.52. The molecule has 0 fully saturated rings. The van der Waals surface area contributed by atoms with E-state index in [2.05, 4.69) is 10.6 Å². The van der Waals surface area contributed by atoms with Crippen LogP contribution in [0.2, 0.25) is 0 Å². The first-order valence-electron chi connectivity index (χ1n) is 8.08. The average Bonchev–Trinajstić information content (AvgIpc) is 3.15. The van der Waals surface area contributed by atoms with E-state index in [-0.39, 0.29) is 28.5 Å². The number of nitrogens with one attached hydrogen (secondary N) is 2. The maximum Gasteiger partial charge on any atom is 0.338 e. The predicted molar refractivity (Wildman–Crippen MR) is 93.9 cm³/mol. The summed E-state index contributed by atoms with van der Waals surface area (Å²) >= 11 is 1.02. The molecule has 1 unspecified atom stereocenters. The largest absolute Gasteiger partial charge is 0.467 e. The van der Waals surface area contributed by atoms with Crippen LogP contribution in [0, 0.1) is 11.6 Å². The third-order valence-electron chi connectivity index (χ3n) is 3.74. The third kappa shape index (κ3) is 4.30. The number of benzene rings is 1. The summed E-state index contributed by atoms with van der Waals surface area (Å²) in [6.07, 6.45) is 1.43. The summed E-state index contributed by atoms with van der Waals surface area (Å²) in [6.45, 7) is 1.81. The van der Waals surface area contributed by atoms with Crippen molar-refractivity contribution in [2.75, 3.05) is 12.4 Å². The zero-order valence-electron chi connectivity index (χ0n) is 14.3. The van der Waals surface area contributed by atoms with Gasteiger partial charge >= 0.3 is 12.0 Å². The van der Waals surface area contributed by atoms with Crippen LogP contribution in [-0.4, -0.2) is 24.4 Å². The fourth-order valence-corrected chi connectivity index (χ4v) is 3.48. The Kier molecular flexibility index (Phi) is 5.80. The molecule has 2 heterocycles. The standard InChI is InChI=1S/C18H16F2N2O4S/c1-2-25-17(23)15-12(9-27-14-6-5-10(19)8-11(14)20)21-18(24)22-16(15)13-4-3-7-26-13/h3-8,16H,2,9H2,1H3,(H2,21,22,24). The van der Waals surface area contributed by atoms with Crippen LogP contribution in [0.4, 0.5) is 13.6 Å². The van der Waals surface area contributed by atoms with Gasteiger partial charge in [0.2, 0.25) is 0 Å². The summed E-state index contributed by atoms with van der Waals surface area (Å²) in [7, 11) is 0. The molecule has 0 saturated carbocycles. The Labute approximate surface area is 157 Å². The molecule has 27 heavy (non-hydrogen) atoms. The number of ether oxygens (including phenoxy) is 1. The Morgan fingerprint density at radius 2 is 2.15 bits per heavy atom. The number of esters is 1. The molecule has 9 heteroatoms. The monoisotopic (exact) mass is 394 g/mol. The van der Waals surface area contributed by atoms with Crippen molar-refractivity contribution in [2.24, 2.45) is 0 Å². The van der Waals surface area contributed by atoms with Crippen LogP contribution in [0.15, 0.2) is 57.2 Å². The molecule has 1 aliphatic rings. The normalized spacial score (nSPS) is 16.7. The highest BCUT2D eigenvalue weighted by molar-refractivity contribution is 7.99. The van der Waals surface area contributed by atoms with Crippen molar-refractivity contribution in [1.82, 2.24) is 10.6 Å². The van der Waals surface area contributed by atoms with Gasteiger partial charge in [0.1, 0.15) is 23.4 Å². The lowest BCUT2D eigenvalue weighted by Gasteiger charge is -2.27. The van der Waals surface area contributed by atoms with Gasteiger partial charge in [-0.05, 0) is 31.2 Å². The van der Waals surface area contributed by atoms with Crippen molar-refractivity contribution in [3.63, 3.8) is 0 Å². The van der Waals surface area contributed by atoms with Crippen molar-refractivity contribution in [3.05, 3.63) is 65.3 Å². The molecule has 3 rings (SSSR count). The van der Waals surface area contributed by atoms with Gasteiger partial charge in [0.15, 0.2) is 0 Å². The molecule has 1 atom stereocenters. The van der Waals surface area contributed by atoms with Crippen LogP contribution < -0.4 is 10.6 Å². The van der Waals surface area contributed by atoms with Gasteiger partial charge in [-0.25, -0.2) is 18.4 Å². The number of carbonyl (C=O) groups is 2. The molecule has 6 nitrogen and oxygen atoms in total. The van der Waals surface area contributed by atoms with Crippen molar-refractivity contribution in [2.45, 2.75) is 17.9 Å². The van der Waals surface area contributed by atoms with Gasteiger partial charge in [-0.15, -0.1) is 11.8 Å². The lowest BCUT2D eigenvalue weighted by molar-refractivity contribution is -0.139. The zero-order chi connectivity index (χ0) is 19.4. The van der Waals surface area contributed by atoms with Gasteiger partial charge in [0.05, 0.1) is 18.4 Å². The summed E-state index contributed by atoms with van der Waals surface area (Å²) in [4.78, 5) is 24.7. The molecule has 1 aromatic carbocycles. The van der Waals surface area contributed by atoms with E-state index >= 15 is 0 Å². The maximum atomic E-state index is 13.9. The fourth-order valence-electron chi connectivity index (χ4n) is 2.59. The number of rotatable bonds is 6. The van der Waals surface area contributed by atoms with E-state index in [4.69, 9.17) is 9.15 Å². The maximum absolute atomic E-state index is 13.9. The fraction of sp³-hybridized carbons (Fsp3) is 0.222. The summed E-state index contributed by atoms with van der Waals surface area (Å²) in [5.74, 6) is -1.59. The number of thioether (sulfide) groups is 1. The second kappa shape index (κ2) is 8.26. The van der Waals surface area contributed by atoms with Crippen molar-refractivity contribution >= 4 is 23.8 Å². The van der Waals surface area contributed by atoms with E-state index in [0.29, 0.717) is 5.76 Å². The SMILES string of the molecule is CCOC(=O)C1=C(CSc2ccc(F)cc2F)NC(=O)NC1c1ccco1. The van der Waals surface area contributed by atoms with Crippen LogP contribution in [0.3, 0.4) is 0 Å². The summed E-state index contributed by atoms with van der Waals surface area (Å²) in [6, 6.07) is 5.11. The van der Waals surface area contributed by atoms with Crippen molar-refractivity contribution < 1.29 is 27.5 Å². The Morgan fingerprint density at radius 1 is 1.33 bits per heavy atom. The van der Waals surface area contributed by atoms with E-state index < -0.39 is 29.7 Å². The van der Waals surface area contributed by atoms with Crippen LogP contribution >= 0.6 is 11.8 Å². The first-order valence-corrected chi connectivity index (χ1v) is 9.07. The second-order valence-corrected chi connectivity index (χ2v) is 6.54. The molecule has 142 valence electrons. The van der Waals surface area contributed by atoms with Crippen molar-refractivity contribution in [3.8, 4) is 0 Å². The highest BCUT2D eigenvalue weighted by Crippen LogP contribution is 2.31. The van der Waals surface area contributed by atoms with E-state index in [9.17, 15) is 18.4 Å². The summed E-state index contributed by atoms with van der Waals surface area (Å²) < 4.78 is 37.4. The predicted octanol–water partition coefficient (Wildman–Crippen LogP) is 3.52. The number of furan rings is 1. The Bertz CT molecular complexity index is 883. The lowest BCUT2D eigenvalue weighted by Crippen LogP contribution is -2.46. The van der Waals surface area contributed by atoms with E-state index in [1.54, 1.807) is 19.1 Å². The van der Waals surface area contributed by atoms with Crippen LogP contribution in [0.1, 0.15) is 18.7 Å². The zero-order valence-corrected chi connectivity index (χ0v) is 15.1. The van der Waals surface area contributed by atoms with Crippen molar-refractivity contribution in [1.29, 1.82) is 0 Å². The molecule has 2 amide bonds. The minimum atomic E-state index is -0.832. The number of halogens is 2. The van der Waals surface area contributed by atoms with Gasteiger partial charge in [0, 0.05) is 22.4 Å². The van der Waals surface area contributed by atoms with Gasteiger partial charge in [-0.1, -0.05) is 0 Å². The minimum absolute atomic E-state index is 0.0708. The molecular weight excluding hydrogens is 378 g/mol. The highest BCUT2D eigenvalue weighted by Gasteiger charge is 2.35. The van der Waals surface area contributed by atoms with Crippen LogP contribution in [0.5, 0.6) is 0 Å². The Balaban J connectivity index is 1.94. The van der Waals surface area contributed by atoms with Gasteiger partial charge in [0.25, 0.3) is 0 Å². The minimum Gasteiger partial charge on any atom is -0.467 e. The quantitative estimate of drug-likeness (QED) is 0.579. The first-order chi connectivity index (χ1) is 13.0.